The van der Waals surface area contributed by atoms with Gasteiger partial charge in [-0.15, -0.1) is 0 Å². The van der Waals surface area contributed by atoms with Crippen molar-refractivity contribution in [1.29, 1.82) is 0 Å². The molecule has 102 valence electrons. The highest BCUT2D eigenvalue weighted by atomic mass is 32.2. The third-order valence-electron chi connectivity index (χ3n) is 2.54. The maximum Gasteiger partial charge on any atom is 0.242 e. The summed E-state index contributed by atoms with van der Waals surface area (Å²) in [4.78, 5) is 1.88. The van der Waals surface area contributed by atoms with Crippen molar-refractivity contribution in [2.24, 2.45) is 0 Å². The van der Waals surface area contributed by atoms with Crippen molar-refractivity contribution in [3.8, 4) is 0 Å². The molecule has 0 aromatic heterocycles. The molecule has 0 spiro atoms. The van der Waals surface area contributed by atoms with Crippen LogP contribution in [0.5, 0.6) is 0 Å². The lowest BCUT2D eigenvalue weighted by Crippen LogP contribution is -2.33. The van der Waals surface area contributed by atoms with Gasteiger partial charge in [-0.25, -0.2) is 12.8 Å². The summed E-state index contributed by atoms with van der Waals surface area (Å²) in [6, 6.07) is 3.41. The molecule has 0 aliphatic heterocycles. The summed E-state index contributed by atoms with van der Waals surface area (Å²) >= 11 is 0. The predicted octanol–water partition coefficient (Wildman–Crippen LogP) is 0.590. The van der Waals surface area contributed by atoms with Crippen LogP contribution < -0.4 is 5.73 Å². The first kappa shape index (κ1) is 14.9. The van der Waals surface area contributed by atoms with E-state index < -0.39 is 15.8 Å². The Balaban J connectivity index is 2.95. The normalized spacial score (nSPS) is 12.3. The third-order valence-corrected chi connectivity index (χ3v) is 4.39. The van der Waals surface area contributed by atoms with Gasteiger partial charge in [0.2, 0.25) is 10.0 Å². The van der Waals surface area contributed by atoms with Crippen molar-refractivity contribution in [3.05, 3.63) is 24.0 Å². The maximum atomic E-state index is 13.0. The quantitative estimate of drug-likeness (QED) is 0.799. The standard InChI is InChI=1S/C11H18FN3O2S/c1-14(2)6-7-15(3)18(16,17)9-4-5-10(12)11(13)8-9/h4-5,8H,6-7,13H2,1-3H3. The average molecular weight is 275 g/mol. The minimum absolute atomic E-state index is 0.00246. The molecule has 0 bridgehead atoms. The zero-order valence-electron chi connectivity index (χ0n) is 10.7. The molecule has 0 fully saturated rings. The molecule has 0 unspecified atom stereocenters. The van der Waals surface area contributed by atoms with E-state index in [1.54, 1.807) is 0 Å². The zero-order valence-corrected chi connectivity index (χ0v) is 11.5. The topological polar surface area (TPSA) is 66.6 Å². The molecule has 0 aliphatic rings. The SMILES string of the molecule is CN(C)CCN(C)S(=O)(=O)c1ccc(F)c(N)c1. The van der Waals surface area contributed by atoms with Crippen LogP contribution in [0.25, 0.3) is 0 Å². The molecular formula is C11H18FN3O2S. The fraction of sp³-hybridized carbons (Fsp3) is 0.455. The predicted molar refractivity (Wildman–Crippen MR) is 69.2 cm³/mol. The largest absolute Gasteiger partial charge is 0.396 e. The van der Waals surface area contributed by atoms with Crippen molar-refractivity contribution in [3.63, 3.8) is 0 Å². The van der Waals surface area contributed by atoms with Crippen LogP contribution in [0.2, 0.25) is 0 Å². The Bertz CT molecular complexity index is 517. The third kappa shape index (κ3) is 3.41. The molecule has 0 radical (unpaired) electrons. The van der Waals surface area contributed by atoms with Crippen LogP contribution in [-0.4, -0.2) is 51.9 Å². The van der Waals surface area contributed by atoms with E-state index in [-0.39, 0.29) is 10.6 Å². The fourth-order valence-electron chi connectivity index (χ4n) is 1.32. The highest BCUT2D eigenvalue weighted by molar-refractivity contribution is 7.89. The van der Waals surface area contributed by atoms with E-state index in [0.29, 0.717) is 13.1 Å². The van der Waals surface area contributed by atoms with Gasteiger partial charge in [0.15, 0.2) is 0 Å². The minimum Gasteiger partial charge on any atom is -0.396 e. The van der Waals surface area contributed by atoms with Crippen LogP contribution in [0.3, 0.4) is 0 Å². The zero-order chi connectivity index (χ0) is 13.9. The summed E-state index contributed by atoms with van der Waals surface area (Å²) in [5.41, 5.74) is 5.20. The Kier molecular flexibility index (Phi) is 4.66. The molecule has 0 amide bonds. The number of rotatable bonds is 5. The van der Waals surface area contributed by atoms with Crippen molar-refractivity contribution in [2.45, 2.75) is 4.90 Å². The van der Waals surface area contributed by atoms with Crippen LogP contribution in [0.1, 0.15) is 0 Å². The lowest BCUT2D eigenvalue weighted by atomic mass is 10.3. The van der Waals surface area contributed by atoms with Gasteiger partial charge in [-0.3, -0.25) is 0 Å². The first-order valence-corrected chi connectivity index (χ1v) is 6.85. The number of nitrogens with zero attached hydrogens (tertiary/aromatic N) is 2. The van der Waals surface area contributed by atoms with Gasteiger partial charge in [-0.05, 0) is 32.3 Å². The second-order valence-corrected chi connectivity index (χ2v) is 6.36. The molecule has 0 aliphatic carbocycles. The first-order valence-electron chi connectivity index (χ1n) is 5.41. The Hall–Kier alpha value is -1.18. The summed E-state index contributed by atoms with van der Waals surface area (Å²) in [7, 11) is 1.59. The van der Waals surface area contributed by atoms with E-state index in [1.807, 2.05) is 19.0 Å². The summed E-state index contributed by atoms with van der Waals surface area (Å²) in [5, 5.41) is 0. The number of benzene rings is 1. The number of hydrogen-bond donors (Lipinski definition) is 1. The smallest absolute Gasteiger partial charge is 0.242 e. The van der Waals surface area contributed by atoms with E-state index >= 15 is 0 Å². The van der Waals surface area contributed by atoms with E-state index in [0.717, 1.165) is 12.1 Å². The second kappa shape index (κ2) is 5.64. The summed E-state index contributed by atoms with van der Waals surface area (Å²) in [6.07, 6.45) is 0. The van der Waals surface area contributed by atoms with E-state index in [1.165, 1.54) is 17.4 Å². The Labute approximate surface area is 107 Å². The van der Waals surface area contributed by atoms with Gasteiger partial charge in [0.05, 0.1) is 10.6 Å². The first-order chi connectivity index (χ1) is 8.25. The number of halogens is 1. The number of anilines is 1. The molecular weight excluding hydrogens is 257 g/mol. The molecule has 2 N–H and O–H groups in total. The van der Waals surface area contributed by atoms with Gasteiger partial charge in [0.1, 0.15) is 5.82 Å². The molecule has 5 nitrogen and oxygen atoms in total. The van der Waals surface area contributed by atoms with Crippen molar-refractivity contribution < 1.29 is 12.8 Å². The van der Waals surface area contributed by atoms with Gasteiger partial charge in [-0.2, -0.15) is 4.31 Å². The monoisotopic (exact) mass is 275 g/mol. The van der Waals surface area contributed by atoms with Crippen molar-refractivity contribution >= 4 is 15.7 Å². The van der Waals surface area contributed by atoms with Gasteiger partial charge < -0.3 is 10.6 Å². The number of sulfonamides is 1. The van der Waals surface area contributed by atoms with E-state index in [4.69, 9.17) is 5.73 Å². The number of nitrogens with two attached hydrogens (primary N) is 1. The van der Waals surface area contributed by atoms with Gasteiger partial charge in [0.25, 0.3) is 0 Å². The highest BCUT2D eigenvalue weighted by Gasteiger charge is 2.21. The van der Waals surface area contributed by atoms with Crippen LogP contribution in [-0.2, 0) is 10.0 Å². The summed E-state index contributed by atoms with van der Waals surface area (Å²) in [5.74, 6) is -0.620. The lowest BCUT2D eigenvalue weighted by Gasteiger charge is -2.19. The molecule has 0 atom stereocenters. The average Bonchev–Trinajstić information content (AvgIpc) is 2.29. The van der Waals surface area contributed by atoms with Gasteiger partial charge in [0, 0.05) is 20.1 Å². The van der Waals surface area contributed by atoms with Gasteiger partial charge >= 0.3 is 0 Å². The minimum atomic E-state index is -3.61. The fourth-order valence-corrected chi connectivity index (χ4v) is 2.52. The molecule has 0 saturated carbocycles. The Morgan fingerprint density at radius 2 is 1.83 bits per heavy atom. The number of hydrogen-bond acceptors (Lipinski definition) is 4. The van der Waals surface area contributed by atoms with Gasteiger partial charge in [-0.1, -0.05) is 0 Å². The molecule has 1 aromatic carbocycles. The molecule has 7 heteroatoms. The summed E-state index contributed by atoms with van der Waals surface area (Å²) in [6.45, 7) is 0.957. The highest BCUT2D eigenvalue weighted by Crippen LogP contribution is 2.19. The lowest BCUT2D eigenvalue weighted by molar-refractivity contribution is 0.358. The van der Waals surface area contributed by atoms with E-state index in [2.05, 4.69) is 0 Å². The van der Waals surface area contributed by atoms with Crippen molar-refractivity contribution in [1.82, 2.24) is 9.21 Å². The van der Waals surface area contributed by atoms with E-state index in [9.17, 15) is 12.8 Å². The maximum absolute atomic E-state index is 13.0. The molecule has 0 heterocycles. The molecule has 0 saturated heterocycles. The molecule has 1 aromatic rings. The van der Waals surface area contributed by atoms with Crippen LogP contribution in [0.4, 0.5) is 10.1 Å². The van der Waals surface area contributed by atoms with Crippen LogP contribution >= 0.6 is 0 Å². The molecule has 18 heavy (non-hydrogen) atoms. The van der Waals surface area contributed by atoms with Crippen molar-refractivity contribution in [2.75, 3.05) is 40.0 Å². The Morgan fingerprint density at radius 1 is 1.22 bits per heavy atom. The number of likely N-dealkylation sites (N-methyl/N-ethyl adjacent to an activating group) is 2. The molecule has 1 rings (SSSR count). The Morgan fingerprint density at radius 3 is 2.33 bits per heavy atom. The number of nitrogen functional groups attached to an aromatic ring is 1. The van der Waals surface area contributed by atoms with Crippen LogP contribution in [0.15, 0.2) is 23.1 Å². The van der Waals surface area contributed by atoms with Crippen LogP contribution in [0, 0.1) is 5.82 Å². The summed E-state index contributed by atoms with van der Waals surface area (Å²) < 4.78 is 38.5. The second-order valence-electron chi connectivity index (χ2n) is 4.31.